The van der Waals surface area contributed by atoms with Gasteiger partial charge in [0.2, 0.25) is 0 Å². The highest BCUT2D eigenvalue weighted by Crippen LogP contribution is 2.41. The minimum atomic E-state index is -0.822. The first kappa shape index (κ1) is 10.3. The molecular formula is C12H17NO2. The van der Waals surface area contributed by atoms with Crippen LogP contribution >= 0.6 is 0 Å². The maximum atomic E-state index is 11.0. The zero-order chi connectivity index (χ0) is 11.2. The van der Waals surface area contributed by atoms with Gasteiger partial charge in [-0.05, 0) is 46.1 Å². The molecule has 0 bridgehead atoms. The number of carbonyl (C=O) groups is 1. The molecule has 1 aromatic rings. The molecule has 0 unspecified atom stereocenters. The molecule has 0 spiro atoms. The van der Waals surface area contributed by atoms with Crippen molar-refractivity contribution in [2.24, 2.45) is 0 Å². The van der Waals surface area contributed by atoms with E-state index < -0.39 is 5.97 Å². The van der Waals surface area contributed by atoms with Crippen molar-refractivity contribution < 1.29 is 9.90 Å². The quantitative estimate of drug-likeness (QED) is 0.810. The van der Waals surface area contributed by atoms with Crippen LogP contribution in [0.1, 0.15) is 47.9 Å². The largest absolute Gasteiger partial charge is 0.478 e. The van der Waals surface area contributed by atoms with Gasteiger partial charge in [-0.15, -0.1) is 0 Å². The Morgan fingerprint density at radius 2 is 2.07 bits per heavy atom. The molecule has 1 heterocycles. The van der Waals surface area contributed by atoms with Crippen molar-refractivity contribution in [3.63, 3.8) is 0 Å². The Hall–Kier alpha value is -1.25. The zero-order valence-corrected chi connectivity index (χ0v) is 9.50. The number of nitrogens with zero attached hydrogens (tertiary/aromatic N) is 1. The third kappa shape index (κ3) is 1.37. The van der Waals surface area contributed by atoms with E-state index in [2.05, 4.69) is 11.5 Å². The van der Waals surface area contributed by atoms with Crippen LogP contribution in [0.15, 0.2) is 6.07 Å². The molecule has 3 heteroatoms. The summed E-state index contributed by atoms with van der Waals surface area (Å²) in [4.78, 5) is 11.0. The minimum Gasteiger partial charge on any atom is -0.478 e. The molecule has 0 aliphatic heterocycles. The van der Waals surface area contributed by atoms with E-state index in [0.29, 0.717) is 5.56 Å². The van der Waals surface area contributed by atoms with Crippen LogP contribution in [-0.4, -0.2) is 15.6 Å². The number of aryl methyl sites for hydroxylation is 1. The predicted molar refractivity (Wildman–Crippen MR) is 58.4 cm³/mol. The third-order valence-electron chi connectivity index (χ3n) is 3.63. The first-order chi connectivity index (χ1) is 6.96. The highest BCUT2D eigenvalue weighted by atomic mass is 16.4. The third-order valence-corrected chi connectivity index (χ3v) is 3.63. The summed E-state index contributed by atoms with van der Waals surface area (Å²) >= 11 is 0. The van der Waals surface area contributed by atoms with Gasteiger partial charge < -0.3 is 9.67 Å². The summed E-state index contributed by atoms with van der Waals surface area (Å²) in [6.45, 7) is 6.10. The molecule has 0 radical (unpaired) electrons. The van der Waals surface area contributed by atoms with Gasteiger partial charge in [-0.25, -0.2) is 4.79 Å². The fraction of sp³-hybridized carbons (Fsp3) is 0.583. The van der Waals surface area contributed by atoms with Crippen molar-refractivity contribution in [1.29, 1.82) is 0 Å². The molecule has 1 aliphatic rings. The Balaban J connectivity index is 2.52. The van der Waals surface area contributed by atoms with Crippen LogP contribution in [0, 0.1) is 13.8 Å². The fourth-order valence-electron chi connectivity index (χ4n) is 2.72. The molecular weight excluding hydrogens is 190 g/mol. The second-order valence-corrected chi connectivity index (χ2v) is 4.78. The fourth-order valence-corrected chi connectivity index (χ4v) is 2.72. The highest BCUT2D eigenvalue weighted by Gasteiger charge is 2.36. The van der Waals surface area contributed by atoms with Crippen LogP contribution in [0.3, 0.4) is 0 Å². The first-order valence-corrected chi connectivity index (χ1v) is 5.38. The van der Waals surface area contributed by atoms with E-state index in [-0.39, 0.29) is 5.54 Å². The smallest absolute Gasteiger partial charge is 0.337 e. The molecule has 0 saturated heterocycles. The summed E-state index contributed by atoms with van der Waals surface area (Å²) in [7, 11) is 0. The van der Waals surface area contributed by atoms with E-state index in [4.69, 9.17) is 5.11 Å². The number of aromatic carboxylic acids is 1. The Morgan fingerprint density at radius 1 is 1.47 bits per heavy atom. The maximum Gasteiger partial charge on any atom is 0.337 e. The number of carboxylic acid groups (broad SMARTS) is 1. The maximum absolute atomic E-state index is 11.0. The molecule has 1 N–H and O–H groups in total. The lowest BCUT2D eigenvalue weighted by Crippen LogP contribution is -2.38. The van der Waals surface area contributed by atoms with Gasteiger partial charge in [0.15, 0.2) is 0 Å². The van der Waals surface area contributed by atoms with E-state index in [1.54, 1.807) is 6.07 Å². The average molecular weight is 207 g/mol. The molecule has 1 fully saturated rings. The predicted octanol–water partition coefficient (Wildman–Crippen LogP) is 2.70. The Morgan fingerprint density at radius 3 is 2.40 bits per heavy atom. The SMILES string of the molecule is Cc1cc(C(=O)O)c(C)n1C1(C)CCC1. The van der Waals surface area contributed by atoms with E-state index in [9.17, 15) is 4.79 Å². The lowest BCUT2D eigenvalue weighted by molar-refractivity contribution is 0.0695. The van der Waals surface area contributed by atoms with Crippen molar-refractivity contribution in [3.05, 3.63) is 23.0 Å². The van der Waals surface area contributed by atoms with Gasteiger partial charge in [-0.2, -0.15) is 0 Å². The van der Waals surface area contributed by atoms with E-state index in [1.807, 2.05) is 13.8 Å². The van der Waals surface area contributed by atoms with E-state index >= 15 is 0 Å². The van der Waals surface area contributed by atoms with Gasteiger partial charge in [0.1, 0.15) is 0 Å². The van der Waals surface area contributed by atoms with Crippen LogP contribution in [-0.2, 0) is 5.54 Å². The van der Waals surface area contributed by atoms with Crippen LogP contribution in [0.4, 0.5) is 0 Å². The van der Waals surface area contributed by atoms with Crippen LogP contribution in [0.2, 0.25) is 0 Å². The second-order valence-electron chi connectivity index (χ2n) is 4.78. The molecule has 1 aromatic heterocycles. The molecule has 3 nitrogen and oxygen atoms in total. The van der Waals surface area contributed by atoms with Gasteiger partial charge in [0.25, 0.3) is 0 Å². The second kappa shape index (κ2) is 3.12. The number of aromatic nitrogens is 1. The molecule has 0 atom stereocenters. The number of hydrogen-bond acceptors (Lipinski definition) is 1. The Bertz CT molecular complexity index is 414. The number of hydrogen-bond donors (Lipinski definition) is 1. The summed E-state index contributed by atoms with van der Waals surface area (Å²) in [5.74, 6) is -0.822. The van der Waals surface area contributed by atoms with Gasteiger partial charge in [-0.1, -0.05) is 0 Å². The molecule has 0 amide bonds. The van der Waals surface area contributed by atoms with Gasteiger partial charge in [-0.3, -0.25) is 0 Å². The van der Waals surface area contributed by atoms with Crippen LogP contribution in [0.25, 0.3) is 0 Å². The highest BCUT2D eigenvalue weighted by molar-refractivity contribution is 5.89. The molecule has 1 saturated carbocycles. The lowest BCUT2D eigenvalue weighted by Gasteiger charge is -2.42. The number of rotatable bonds is 2. The normalized spacial score (nSPS) is 18.6. The van der Waals surface area contributed by atoms with Crippen molar-refractivity contribution in [2.45, 2.75) is 45.6 Å². The van der Waals surface area contributed by atoms with Crippen LogP contribution < -0.4 is 0 Å². The summed E-state index contributed by atoms with van der Waals surface area (Å²) in [6, 6.07) is 1.78. The molecule has 2 rings (SSSR count). The van der Waals surface area contributed by atoms with Crippen molar-refractivity contribution >= 4 is 5.97 Å². The molecule has 82 valence electrons. The first-order valence-electron chi connectivity index (χ1n) is 5.38. The van der Waals surface area contributed by atoms with Gasteiger partial charge in [0.05, 0.1) is 5.56 Å². The monoisotopic (exact) mass is 207 g/mol. The van der Waals surface area contributed by atoms with Crippen molar-refractivity contribution in [1.82, 2.24) is 4.57 Å². The number of carboxylic acids is 1. The van der Waals surface area contributed by atoms with Gasteiger partial charge >= 0.3 is 5.97 Å². The summed E-state index contributed by atoms with van der Waals surface area (Å²) in [5.41, 5.74) is 2.55. The molecule has 0 aromatic carbocycles. The zero-order valence-electron chi connectivity index (χ0n) is 9.50. The molecule has 15 heavy (non-hydrogen) atoms. The van der Waals surface area contributed by atoms with Gasteiger partial charge in [0, 0.05) is 16.9 Å². The Labute approximate surface area is 89.7 Å². The topological polar surface area (TPSA) is 42.2 Å². The van der Waals surface area contributed by atoms with Crippen molar-refractivity contribution in [2.75, 3.05) is 0 Å². The van der Waals surface area contributed by atoms with E-state index in [1.165, 1.54) is 6.42 Å². The molecule has 1 aliphatic carbocycles. The Kier molecular flexibility index (Phi) is 2.14. The minimum absolute atomic E-state index is 0.155. The average Bonchev–Trinajstić information content (AvgIpc) is 2.39. The van der Waals surface area contributed by atoms with Crippen molar-refractivity contribution in [3.8, 4) is 0 Å². The standard InChI is InChI=1S/C12H17NO2/c1-8-7-10(11(14)15)9(2)13(8)12(3)5-4-6-12/h7H,4-6H2,1-3H3,(H,14,15). The summed E-state index contributed by atoms with van der Waals surface area (Å²) in [5, 5.41) is 9.05. The van der Waals surface area contributed by atoms with E-state index in [0.717, 1.165) is 24.2 Å². The summed E-state index contributed by atoms with van der Waals surface area (Å²) < 4.78 is 2.19. The summed E-state index contributed by atoms with van der Waals surface area (Å²) in [6.07, 6.45) is 3.56. The van der Waals surface area contributed by atoms with Crippen LogP contribution in [0.5, 0.6) is 0 Å². The lowest BCUT2D eigenvalue weighted by atomic mass is 9.78.